The van der Waals surface area contributed by atoms with Gasteiger partial charge in [0.15, 0.2) is 0 Å². The van der Waals surface area contributed by atoms with Gasteiger partial charge in [-0.1, -0.05) is 42.3 Å². The van der Waals surface area contributed by atoms with E-state index in [1.165, 1.54) is 23.1 Å². The number of carbonyl (C=O) groups is 2. The molecule has 0 radical (unpaired) electrons. The van der Waals surface area contributed by atoms with Crippen LogP contribution in [0.2, 0.25) is 10.0 Å². The van der Waals surface area contributed by atoms with E-state index in [0.29, 0.717) is 17.1 Å². The average Bonchev–Trinajstić information content (AvgIpc) is 2.79. The number of hydrogen-bond acceptors (Lipinski definition) is 6. The summed E-state index contributed by atoms with van der Waals surface area (Å²) in [6.45, 7) is 3.09. The van der Waals surface area contributed by atoms with Crippen LogP contribution in [0.1, 0.15) is 25.8 Å². The molecule has 1 atom stereocenters. The molecular weight excluding hydrogens is 519 g/mol. The number of hydrogen-bond donors (Lipinski definition) is 1. The number of halogens is 2. The largest absolute Gasteiger partial charge is 0.355 e. The van der Waals surface area contributed by atoms with E-state index in [4.69, 9.17) is 23.2 Å². The fourth-order valence-corrected chi connectivity index (χ4v) is 4.58. The van der Waals surface area contributed by atoms with Crippen LogP contribution in [0.3, 0.4) is 0 Å². The van der Waals surface area contributed by atoms with Gasteiger partial charge >= 0.3 is 0 Å². The fraction of sp³-hybridized carbons (Fsp3) is 0.364. The lowest BCUT2D eigenvalue weighted by Crippen LogP contribution is -2.52. The first-order chi connectivity index (χ1) is 16.4. The summed E-state index contributed by atoms with van der Waals surface area (Å²) in [6, 6.07) is 8.82. The van der Waals surface area contributed by atoms with Crippen molar-refractivity contribution in [1.29, 1.82) is 0 Å². The van der Waals surface area contributed by atoms with Gasteiger partial charge in [0.2, 0.25) is 21.8 Å². The van der Waals surface area contributed by atoms with E-state index in [1.807, 2.05) is 0 Å². The summed E-state index contributed by atoms with van der Waals surface area (Å²) >= 11 is 12.1. The van der Waals surface area contributed by atoms with Gasteiger partial charge in [0.25, 0.3) is 5.69 Å². The maximum absolute atomic E-state index is 13.5. The average molecular weight is 545 g/mol. The molecule has 0 saturated carbocycles. The predicted octanol–water partition coefficient (Wildman–Crippen LogP) is 3.61. The smallest absolute Gasteiger partial charge is 0.271 e. The Bertz CT molecular complexity index is 1210. The van der Waals surface area contributed by atoms with E-state index in [1.54, 1.807) is 32.0 Å². The van der Waals surface area contributed by atoms with E-state index in [0.717, 1.165) is 16.6 Å². The quantitative estimate of drug-likeness (QED) is 0.339. The van der Waals surface area contributed by atoms with Crippen LogP contribution in [0.5, 0.6) is 0 Å². The molecule has 0 aromatic heterocycles. The summed E-state index contributed by atoms with van der Waals surface area (Å²) in [6.07, 6.45) is 1.15. The minimum atomic E-state index is -4.01. The van der Waals surface area contributed by atoms with Crippen molar-refractivity contribution in [2.75, 3.05) is 23.7 Å². The monoisotopic (exact) mass is 544 g/mol. The van der Waals surface area contributed by atoms with Gasteiger partial charge in [0.05, 0.1) is 26.9 Å². The van der Waals surface area contributed by atoms with Gasteiger partial charge in [-0.3, -0.25) is 24.0 Å². The maximum Gasteiger partial charge on any atom is 0.271 e. The number of amides is 2. The molecule has 2 amide bonds. The normalized spacial score (nSPS) is 12.0. The molecule has 1 unspecified atom stereocenters. The molecule has 190 valence electrons. The third-order valence-electron chi connectivity index (χ3n) is 5.08. The Morgan fingerprint density at radius 2 is 1.80 bits per heavy atom. The van der Waals surface area contributed by atoms with Crippen LogP contribution in [-0.4, -0.2) is 55.4 Å². The van der Waals surface area contributed by atoms with Crippen LogP contribution in [-0.2, 0) is 26.2 Å². The molecule has 10 nitrogen and oxygen atoms in total. The van der Waals surface area contributed by atoms with Crippen molar-refractivity contribution in [3.63, 3.8) is 0 Å². The second kappa shape index (κ2) is 12.2. The number of likely N-dealkylation sites (N-methyl/N-ethyl adjacent to an activating group) is 1. The number of nitrogens with one attached hydrogen (secondary N) is 1. The van der Waals surface area contributed by atoms with Crippen LogP contribution in [0.15, 0.2) is 42.5 Å². The van der Waals surface area contributed by atoms with Crippen LogP contribution >= 0.6 is 23.2 Å². The lowest BCUT2D eigenvalue weighted by molar-refractivity contribution is -0.384. The Hall–Kier alpha value is -2.89. The molecule has 0 spiro atoms. The molecule has 0 aliphatic rings. The zero-order chi connectivity index (χ0) is 26.3. The number of sulfonamides is 1. The summed E-state index contributed by atoms with van der Waals surface area (Å²) in [5.41, 5.74) is 0.206. The Morgan fingerprint density at radius 3 is 2.34 bits per heavy atom. The number of benzene rings is 2. The highest BCUT2D eigenvalue weighted by atomic mass is 35.5. The third-order valence-corrected chi connectivity index (χ3v) is 6.96. The third kappa shape index (κ3) is 7.55. The minimum Gasteiger partial charge on any atom is -0.355 e. The molecule has 0 fully saturated rings. The van der Waals surface area contributed by atoms with E-state index in [2.05, 4.69) is 5.32 Å². The number of non-ortho nitro benzene ring substituents is 1. The molecule has 2 aromatic carbocycles. The second-order valence-electron chi connectivity index (χ2n) is 7.64. The van der Waals surface area contributed by atoms with Crippen LogP contribution in [0, 0.1) is 10.1 Å². The van der Waals surface area contributed by atoms with Crippen LogP contribution < -0.4 is 9.62 Å². The van der Waals surface area contributed by atoms with Crippen molar-refractivity contribution in [2.24, 2.45) is 0 Å². The molecular formula is C22H26Cl2N4O6S. The number of rotatable bonds is 11. The van der Waals surface area contributed by atoms with Gasteiger partial charge in [-0.05, 0) is 37.1 Å². The lowest BCUT2D eigenvalue weighted by Gasteiger charge is -2.32. The highest BCUT2D eigenvalue weighted by Crippen LogP contribution is 2.26. The number of anilines is 1. The van der Waals surface area contributed by atoms with Crippen LogP contribution in [0.4, 0.5) is 11.4 Å². The molecule has 35 heavy (non-hydrogen) atoms. The predicted molar refractivity (Wildman–Crippen MR) is 135 cm³/mol. The number of nitro benzene ring substituents is 1. The van der Waals surface area contributed by atoms with Crippen LogP contribution in [0.25, 0.3) is 0 Å². The van der Waals surface area contributed by atoms with Crippen molar-refractivity contribution in [1.82, 2.24) is 10.2 Å². The molecule has 0 bridgehead atoms. The van der Waals surface area contributed by atoms with E-state index in [9.17, 15) is 28.1 Å². The zero-order valence-electron chi connectivity index (χ0n) is 19.4. The van der Waals surface area contributed by atoms with Gasteiger partial charge < -0.3 is 10.2 Å². The molecule has 1 N–H and O–H groups in total. The maximum atomic E-state index is 13.5. The number of carbonyl (C=O) groups excluding carboxylic acids is 2. The van der Waals surface area contributed by atoms with Crippen molar-refractivity contribution in [3.05, 3.63) is 68.2 Å². The van der Waals surface area contributed by atoms with E-state index in [-0.39, 0.29) is 29.4 Å². The molecule has 13 heteroatoms. The first-order valence-electron chi connectivity index (χ1n) is 10.6. The Morgan fingerprint density at radius 1 is 1.11 bits per heavy atom. The summed E-state index contributed by atoms with van der Waals surface area (Å²) in [5.74, 6) is -1.07. The van der Waals surface area contributed by atoms with Crippen molar-refractivity contribution in [2.45, 2.75) is 32.9 Å². The first kappa shape index (κ1) is 28.3. The summed E-state index contributed by atoms with van der Waals surface area (Å²) in [7, 11) is -4.01. The fourth-order valence-electron chi connectivity index (χ4n) is 3.42. The topological polar surface area (TPSA) is 130 Å². The van der Waals surface area contributed by atoms with E-state index >= 15 is 0 Å². The highest BCUT2D eigenvalue weighted by Gasteiger charge is 2.32. The van der Waals surface area contributed by atoms with Gasteiger partial charge in [0, 0.05) is 25.2 Å². The highest BCUT2D eigenvalue weighted by molar-refractivity contribution is 7.92. The van der Waals surface area contributed by atoms with Crippen molar-refractivity contribution in [3.8, 4) is 0 Å². The molecule has 2 rings (SSSR count). The summed E-state index contributed by atoms with van der Waals surface area (Å²) in [5, 5.41) is 14.4. The minimum absolute atomic E-state index is 0.0437. The van der Waals surface area contributed by atoms with Gasteiger partial charge in [-0.25, -0.2) is 8.42 Å². The lowest BCUT2D eigenvalue weighted by atomic mass is 10.1. The van der Waals surface area contributed by atoms with Gasteiger partial charge in [-0.15, -0.1) is 0 Å². The molecule has 2 aromatic rings. The van der Waals surface area contributed by atoms with Gasteiger partial charge in [-0.2, -0.15) is 0 Å². The van der Waals surface area contributed by atoms with Crippen molar-refractivity contribution < 1.29 is 22.9 Å². The molecule has 0 heterocycles. The Balaban J connectivity index is 2.49. The standard InChI is InChI=1S/C22H26Cl2N4O6S/c1-4-20(22(30)25-5-2)26(13-15-9-10-18(23)19(24)11-15)21(29)14-27(35(3,33)34)16-7-6-8-17(12-16)28(31)32/h6-12,20H,4-5,13-14H2,1-3H3,(H,25,30). The first-order valence-corrected chi connectivity index (χ1v) is 13.2. The molecule has 0 saturated heterocycles. The second-order valence-corrected chi connectivity index (χ2v) is 10.4. The van der Waals surface area contributed by atoms with E-state index < -0.39 is 39.3 Å². The number of nitro groups is 1. The number of nitrogens with zero attached hydrogens (tertiary/aromatic N) is 3. The SMILES string of the molecule is CCNC(=O)C(CC)N(Cc1ccc(Cl)c(Cl)c1)C(=O)CN(c1cccc([N+](=O)[O-])c1)S(C)(=O)=O. The Labute approximate surface area is 214 Å². The molecule has 0 aliphatic heterocycles. The van der Waals surface area contributed by atoms with Crippen molar-refractivity contribution >= 4 is 56.4 Å². The summed E-state index contributed by atoms with van der Waals surface area (Å²) < 4.78 is 25.9. The zero-order valence-corrected chi connectivity index (χ0v) is 21.7. The van der Waals surface area contributed by atoms with Gasteiger partial charge in [0.1, 0.15) is 12.6 Å². The Kier molecular flexibility index (Phi) is 9.87. The summed E-state index contributed by atoms with van der Waals surface area (Å²) in [4.78, 5) is 38.0. The molecule has 0 aliphatic carbocycles.